The van der Waals surface area contributed by atoms with E-state index in [-0.39, 0.29) is 6.04 Å². The number of nitrogens with two attached hydrogens (primary N) is 1. The van der Waals surface area contributed by atoms with Gasteiger partial charge in [0.2, 0.25) is 5.88 Å². The number of hydroxylamine groups is 2. The van der Waals surface area contributed by atoms with Crippen LogP contribution in [0.15, 0.2) is 23.4 Å². The summed E-state index contributed by atoms with van der Waals surface area (Å²) in [6.07, 6.45) is 8.34. The van der Waals surface area contributed by atoms with Crippen LogP contribution in [0.1, 0.15) is 62.4 Å². The van der Waals surface area contributed by atoms with Gasteiger partial charge in [-0.3, -0.25) is 0 Å². The zero-order valence-electron chi connectivity index (χ0n) is 12.8. The summed E-state index contributed by atoms with van der Waals surface area (Å²) < 4.78 is 0. The number of unbranched alkanes of at least 4 members (excludes halogenated alkanes) is 3. The van der Waals surface area contributed by atoms with Crippen LogP contribution in [-0.4, -0.2) is 11.1 Å². The van der Waals surface area contributed by atoms with Crippen LogP contribution in [0.5, 0.6) is 0 Å². The molecule has 0 bridgehead atoms. The Labute approximate surface area is 126 Å². The van der Waals surface area contributed by atoms with E-state index in [0.717, 1.165) is 6.42 Å². The van der Waals surface area contributed by atoms with E-state index < -0.39 is 0 Å². The molecule has 1 aliphatic rings. The zero-order valence-corrected chi connectivity index (χ0v) is 13.6. The molecule has 20 heavy (non-hydrogen) atoms. The number of aryl methyl sites for hydroxylation is 1. The van der Waals surface area contributed by atoms with Crippen molar-refractivity contribution >= 4 is 11.3 Å². The van der Waals surface area contributed by atoms with E-state index in [1.807, 2.05) is 6.08 Å². The number of rotatable bonds is 7. The minimum Gasteiger partial charge on any atom is -0.387 e. The lowest BCUT2D eigenvalue weighted by Gasteiger charge is -2.28. The summed E-state index contributed by atoms with van der Waals surface area (Å²) in [6.45, 7) is 6.62. The van der Waals surface area contributed by atoms with Crippen molar-refractivity contribution in [1.82, 2.24) is 5.06 Å². The predicted octanol–water partition coefficient (Wildman–Crippen LogP) is 4.50. The van der Waals surface area contributed by atoms with Gasteiger partial charge in [-0.1, -0.05) is 32.6 Å². The Morgan fingerprint density at radius 3 is 2.85 bits per heavy atom. The fourth-order valence-corrected chi connectivity index (χ4v) is 3.66. The van der Waals surface area contributed by atoms with Gasteiger partial charge < -0.3 is 10.6 Å². The second-order valence-corrected chi connectivity index (χ2v) is 6.58. The number of thiophene rings is 1. The van der Waals surface area contributed by atoms with Crippen molar-refractivity contribution in [3.63, 3.8) is 0 Å². The van der Waals surface area contributed by atoms with Crippen molar-refractivity contribution < 1.29 is 4.84 Å². The van der Waals surface area contributed by atoms with Crippen LogP contribution in [0, 0.1) is 6.92 Å². The molecule has 0 saturated carbocycles. The molecule has 0 amide bonds. The third-order valence-electron chi connectivity index (χ3n) is 3.89. The van der Waals surface area contributed by atoms with Gasteiger partial charge in [-0.2, -0.15) is 0 Å². The van der Waals surface area contributed by atoms with Crippen molar-refractivity contribution in [2.24, 2.45) is 5.73 Å². The fraction of sp³-hybridized carbons (Fsp3) is 0.625. The molecular weight excluding hydrogens is 268 g/mol. The topological polar surface area (TPSA) is 38.5 Å². The third-order valence-corrected chi connectivity index (χ3v) is 4.98. The van der Waals surface area contributed by atoms with Crippen LogP contribution in [0.3, 0.4) is 0 Å². The first-order valence-corrected chi connectivity index (χ1v) is 8.49. The Bertz CT molecular complexity index is 455. The molecule has 0 spiro atoms. The minimum atomic E-state index is 0.177. The van der Waals surface area contributed by atoms with Gasteiger partial charge in [0.15, 0.2) is 0 Å². The molecule has 112 valence electrons. The van der Waals surface area contributed by atoms with E-state index in [1.54, 1.807) is 11.3 Å². The molecule has 0 radical (unpaired) electrons. The highest BCUT2D eigenvalue weighted by atomic mass is 32.1. The van der Waals surface area contributed by atoms with Crippen LogP contribution in [0.4, 0.5) is 0 Å². The number of nitrogens with zero attached hydrogens (tertiary/aromatic N) is 1. The Morgan fingerprint density at radius 2 is 2.20 bits per heavy atom. The molecular formula is C16H26N2OS. The normalized spacial score (nSPS) is 20.8. The molecule has 0 saturated heterocycles. The molecule has 1 aromatic heterocycles. The summed E-state index contributed by atoms with van der Waals surface area (Å²) in [5.74, 6) is 0.531. The molecule has 0 aliphatic carbocycles. The van der Waals surface area contributed by atoms with Gasteiger partial charge >= 0.3 is 0 Å². The monoisotopic (exact) mass is 294 g/mol. The van der Waals surface area contributed by atoms with Crippen LogP contribution >= 0.6 is 11.3 Å². The molecule has 1 aliphatic heterocycles. The Kier molecular flexibility index (Phi) is 5.49. The summed E-state index contributed by atoms with van der Waals surface area (Å²) >= 11 is 1.78. The average Bonchev–Trinajstić information content (AvgIpc) is 3.00. The summed E-state index contributed by atoms with van der Waals surface area (Å²) in [5.41, 5.74) is 7.21. The number of hydrogen-bond acceptors (Lipinski definition) is 4. The summed E-state index contributed by atoms with van der Waals surface area (Å²) in [7, 11) is 0. The van der Waals surface area contributed by atoms with Crippen molar-refractivity contribution in [1.29, 1.82) is 0 Å². The first-order chi connectivity index (χ1) is 9.63. The van der Waals surface area contributed by atoms with E-state index in [4.69, 9.17) is 10.6 Å². The SMILES string of the molecule is CCCCCCC(C)N1OC(N)=CC1c1sccc1C. The second-order valence-electron chi connectivity index (χ2n) is 5.63. The zero-order chi connectivity index (χ0) is 14.5. The molecule has 1 aromatic rings. The molecule has 4 heteroatoms. The summed E-state index contributed by atoms with van der Waals surface area (Å²) in [5, 5.41) is 4.21. The maximum atomic E-state index is 5.89. The molecule has 2 N–H and O–H groups in total. The molecule has 3 nitrogen and oxygen atoms in total. The van der Waals surface area contributed by atoms with Gasteiger partial charge in [-0.25, -0.2) is 0 Å². The van der Waals surface area contributed by atoms with Crippen LogP contribution in [0.2, 0.25) is 0 Å². The number of hydrogen-bond donors (Lipinski definition) is 1. The van der Waals surface area contributed by atoms with Gasteiger partial charge in [0.05, 0.1) is 0 Å². The second kappa shape index (κ2) is 7.14. The van der Waals surface area contributed by atoms with Gasteiger partial charge in [0, 0.05) is 17.0 Å². The van der Waals surface area contributed by atoms with E-state index in [1.165, 1.54) is 36.1 Å². The van der Waals surface area contributed by atoms with Gasteiger partial charge in [-0.05, 0) is 37.3 Å². The van der Waals surface area contributed by atoms with Crippen molar-refractivity contribution in [2.45, 2.75) is 65.0 Å². The lowest BCUT2D eigenvalue weighted by molar-refractivity contribution is -0.149. The first-order valence-electron chi connectivity index (χ1n) is 7.61. The van der Waals surface area contributed by atoms with E-state index in [0.29, 0.717) is 11.9 Å². The van der Waals surface area contributed by atoms with Crippen molar-refractivity contribution in [2.75, 3.05) is 0 Å². The average molecular weight is 294 g/mol. The fourth-order valence-electron chi connectivity index (χ4n) is 2.67. The lowest BCUT2D eigenvalue weighted by atomic mass is 10.1. The van der Waals surface area contributed by atoms with Gasteiger partial charge in [-0.15, -0.1) is 16.4 Å². The minimum absolute atomic E-state index is 0.177. The molecule has 0 fully saturated rings. The van der Waals surface area contributed by atoms with Crippen LogP contribution in [-0.2, 0) is 4.84 Å². The molecule has 2 heterocycles. The Morgan fingerprint density at radius 1 is 1.40 bits per heavy atom. The van der Waals surface area contributed by atoms with E-state index in [9.17, 15) is 0 Å². The van der Waals surface area contributed by atoms with Crippen LogP contribution in [0.25, 0.3) is 0 Å². The summed E-state index contributed by atoms with van der Waals surface area (Å²) in [4.78, 5) is 7.09. The Hall–Kier alpha value is -1.00. The standard InChI is InChI=1S/C16H26N2OS/c1-4-5-6-7-8-13(3)18-14(11-15(17)19-18)16-12(2)9-10-20-16/h9-11,13-14H,4-8,17H2,1-3H3. The molecule has 2 rings (SSSR count). The largest absolute Gasteiger partial charge is 0.387 e. The highest BCUT2D eigenvalue weighted by Gasteiger charge is 2.32. The first kappa shape index (κ1) is 15.4. The highest BCUT2D eigenvalue weighted by molar-refractivity contribution is 7.10. The maximum absolute atomic E-state index is 5.89. The maximum Gasteiger partial charge on any atom is 0.207 e. The molecule has 2 atom stereocenters. The van der Waals surface area contributed by atoms with Crippen molar-refractivity contribution in [3.8, 4) is 0 Å². The molecule has 2 unspecified atom stereocenters. The quantitative estimate of drug-likeness (QED) is 0.752. The molecule has 0 aromatic carbocycles. The van der Waals surface area contributed by atoms with Gasteiger partial charge in [0.1, 0.15) is 6.04 Å². The summed E-state index contributed by atoms with van der Waals surface area (Å²) in [6, 6.07) is 2.72. The van der Waals surface area contributed by atoms with Crippen molar-refractivity contribution in [3.05, 3.63) is 33.8 Å². The third kappa shape index (κ3) is 3.55. The lowest BCUT2D eigenvalue weighted by Crippen LogP contribution is -2.32. The Balaban J connectivity index is 1.98. The van der Waals surface area contributed by atoms with E-state index in [2.05, 4.69) is 37.3 Å². The smallest absolute Gasteiger partial charge is 0.207 e. The van der Waals surface area contributed by atoms with E-state index >= 15 is 0 Å². The highest BCUT2D eigenvalue weighted by Crippen LogP contribution is 2.37. The van der Waals surface area contributed by atoms with Crippen LogP contribution < -0.4 is 5.73 Å². The predicted molar refractivity (Wildman–Crippen MR) is 85.2 cm³/mol. The van der Waals surface area contributed by atoms with Gasteiger partial charge in [0.25, 0.3) is 0 Å².